The largest absolute Gasteiger partial charge is 0.497 e. The molecule has 1 aliphatic heterocycles. The number of nitrogens with one attached hydrogen (secondary N) is 1. The molecule has 1 atom stereocenters. The summed E-state index contributed by atoms with van der Waals surface area (Å²) in [6.45, 7) is 4.31. The number of halogens is 1. The lowest BCUT2D eigenvalue weighted by atomic mass is 9.67. The van der Waals surface area contributed by atoms with E-state index in [1.54, 1.807) is 7.11 Å². The van der Waals surface area contributed by atoms with Gasteiger partial charge in [-0.1, -0.05) is 84.4 Å². The highest BCUT2D eigenvalue weighted by atomic mass is 79.9. The molecular formula is C31H28BrNO2. The Balaban J connectivity index is 1.61. The van der Waals surface area contributed by atoms with Crippen LogP contribution in [0.2, 0.25) is 0 Å². The molecule has 3 aromatic rings. The van der Waals surface area contributed by atoms with Crippen molar-refractivity contribution in [2.45, 2.75) is 26.2 Å². The van der Waals surface area contributed by atoms with Crippen LogP contribution in [0.15, 0.2) is 106 Å². The Labute approximate surface area is 215 Å². The monoisotopic (exact) mass is 525 g/mol. The molecule has 1 heterocycles. The number of ether oxygens (including phenoxy) is 1. The average molecular weight is 526 g/mol. The van der Waals surface area contributed by atoms with E-state index in [0.29, 0.717) is 0 Å². The van der Waals surface area contributed by atoms with Gasteiger partial charge in [0.25, 0.3) is 0 Å². The zero-order valence-corrected chi connectivity index (χ0v) is 21.7. The van der Waals surface area contributed by atoms with Gasteiger partial charge in [0, 0.05) is 32.9 Å². The number of dihydropyridines is 1. The van der Waals surface area contributed by atoms with E-state index in [4.69, 9.17) is 4.74 Å². The summed E-state index contributed by atoms with van der Waals surface area (Å²) in [5.74, 6) is 0.782. The second-order valence-electron chi connectivity index (χ2n) is 9.71. The molecule has 0 saturated heterocycles. The van der Waals surface area contributed by atoms with Crippen molar-refractivity contribution >= 4 is 33.5 Å². The molecule has 35 heavy (non-hydrogen) atoms. The predicted molar refractivity (Wildman–Crippen MR) is 146 cm³/mol. The van der Waals surface area contributed by atoms with Gasteiger partial charge in [0.15, 0.2) is 5.78 Å². The van der Waals surface area contributed by atoms with Gasteiger partial charge in [-0.25, -0.2) is 0 Å². The smallest absolute Gasteiger partial charge is 0.188 e. The topological polar surface area (TPSA) is 38.3 Å². The third kappa shape index (κ3) is 4.63. The molecule has 4 heteroatoms. The van der Waals surface area contributed by atoms with Crippen molar-refractivity contribution in [2.24, 2.45) is 5.41 Å². The molecular weight excluding hydrogens is 498 g/mol. The normalized spacial score (nSPS) is 20.2. The van der Waals surface area contributed by atoms with E-state index in [1.807, 2.05) is 60.7 Å². The molecule has 2 aliphatic rings. The Morgan fingerprint density at radius 1 is 0.971 bits per heavy atom. The van der Waals surface area contributed by atoms with Gasteiger partial charge in [-0.3, -0.25) is 4.79 Å². The summed E-state index contributed by atoms with van der Waals surface area (Å²) in [5, 5.41) is 3.64. The summed E-state index contributed by atoms with van der Waals surface area (Å²) in [4.78, 5) is 14.2. The van der Waals surface area contributed by atoms with E-state index in [2.05, 4.69) is 65.4 Å². The summed E-state index contributed by atoms with van der Waals surface area (Å²) in [5.41, 5.74) is 6.64. The lowest BCUT2D eigenvalue weighted by Gasteiger charge is -2.40. The first-order chi connectivity index (χ1) is 16.9. The van der Waals surface area contributed by atoms with E-state index < -0.39 is 0 Å². The lowest BCUT2D eigenvalue weighted by Crippen LogP contribution is -2.37. The Hall–Kier alpha value is -3.37. The Morgan fingerprint density at radius 3 is 2.31 bits per heavy atom. The Bertz CT molecular complexity index is 1350. The van der Waals surface area contributed by atoms with Crippen LogP contribution in [0.5, 0.6) is 5.75 Å². The SMILES string of the molecule is COc1ccc(/C=C2\C(=O)C3=C(CC2(C)C)NC(c2ccccc2)=CC3c2ccc(Br)cc2)cc1. The molecule has 0 saturated carbocycles. The van der Waals surface area contributed by atoms with E-state index in [9.17, 15) is 4.79 Å². The molecule has 0 radical (unpaired) electrons. The number of methoxy groups -OCH3 is 1. The van der Waals surface area contributed by atoms with Crippen LogP contribution in [-0.2, 0) is 4.79 Å². The van der Waals surface area contributed by atoms with Gasteiger partial charge >= 0.3 is 0 Å². The van der Waals surface area contributed by atoms with Crippen LogP contribution in [0.25, 0.3) is 11.8 Å². The predicted octanol–water partition coefficient (Wildman–Crippen LogP) is 7.52. The fraction of sp³-hybridized carbons (Fsp3) is 0.194. The van der Waals surface area contributed by atoms with Crippen molar-refractivity contribution in [3.8, 4) is 5.75 Å². The first kappa shape index (κ1) is 23.4. The number of carbonyl (C=O) groups is 1. The van der Waals surface area contributed by atoms with E-state index >= 15 is 0 Å². The molecule has 0 spiro atoms. The van der Waals surface area contributed by atoms with Gasteiger partial charge in [0.2, 0.25) is 0 Å². The minimum Gasteiger partial charge on any atom is -0.497 e. The number of allylic oxidation sites excluding steroid dienone is 4. The fourth-order valence-electron chi connectivity index (χ4n) is 4.96. The van der Waals surface area contributed by atoms with Gasteiger partial charge in [-0.05, 0) is 64.9 Å². The number of carbonyl (C=O) groups excluding carboxylic acids is 1. The van der Waals surface area contributed by atoms with E-state index in [0.717, 1.165) is 55.9 Å². The van der Waals surface area contributed by atoms with Crippen LogP contribution in [0.3, 0.4) is 0 Å². The maximum Gasteiger partial charge on any atom is 0.188 e. The van der Waals surface area contributed by atoms with E-state index in [-0.39, 0.29) is 17.1 Å². The maximum absolute atomic E-state index is 14.2. The molecule has 3 aromatic carbocycles. The summed E-state index contributed by atoms with van der Waals surface area (Å²) in [7, 11) is 1.66. The van der Waals surface area contributed by atoms with Gasteiger partial charge in [0.1, 0.15) is 5.75 Å². The molecule has 3 nitrogen and oxygen atoms in total. The number of hydrogen-bond donors (Lipinski definition) is 1. The average Bonchev–Trinajstić information content (AvgIpc) is 2.87. The highest BCUT2D eigenvalue weighted by Gasteiger charge is 2.42. The van der Waals surface area contributed by atoms with Crippen molar-refractivity contribution in [1.29, 1.82) is 0 Å². The zero-order chi connectivity index (χ0) is 24.6. The molecule has 176 valence electrons. The molecule has 0 bridgehead atoms. The summed E-state index contributed by atoms with van der Waals surface area (Å²) in [6.07, 6.45) is 4.99. The Morgan fingerprint density at radius 2 is 1.66 bits per heavy atom. The lowest BCUT2D eigenvalue weighted by molar-refractivity contribution is -0.113. The van der Waals surface area contributed by atoms with E-state index in [1.165, 1.54) is 0 Å². The third-order valence-corrected chi connectivity index (χ3v) is 7.36. The van der Waals surface area contributed by atoms with Crippen molar-refractivity contribution in [3.63, 3.8) is 0 Å². The van der Waals surface area contributed by atoms with Crippen molar-refractivity contribution in [1.82, 2.24) is 5.32 Å². The van der Waals surface area contributed by atoms with Crippen LogP contribution in [0.1, 0.15) is 42.9 Å². The van der Waals surface area contributed by atoms with Crippen LogP contribution in [0, 0.1) is 5.41 Å². The number of rotatable bonds is 4. The molecule has 5 rings (SSSR count). The number of hydrogen-bond acceptors (Lipinski definition) is 3. The summed E-state index contributed by atoms with van der Waals surface area (Å²) in [6, 6.07) is 26.5. The standard InChI is InChI=1S/C31H28BrNO2/c1-31(2)19-28-29(30(34)26(31)17-20-9-15-24(35-3)16-10-20)25(21-11-13-23(32)14-12-21)18-27(33-28)22-7-5-4-6-8-22/h4-18,25,33H,19H2,1-3H3/b26-17+. The molecule has 1 N–H and O–H groups in total. The molecule has 0 fully saturated rings. The van der Waals surface area contributed by atoms with Gasteiger partial charge in [0.05, 0.1) is 7.11 Å². The number of benzene rings is 3. The second-order valence-corrected chi connectivity index (χ2v) is 10.6. The third-order valence-electron chi connectivity index (χ3n) is 6.83. The molecule has 0 aromatic heterocycles. The summed E-state index contributed by atoms with van der Waals surface area (Å²) >= 11 is 3.55. The van der Waals surface area contributed by atoms with Crippen LogP contribution >= 0.6 is 15.9 Å². The second kappa shape index (κ2) is 9.35. The summed E-state index contributed by atoms with van der Waals surface area (Å²) < 4.78 is 6.32. The highest BCUT2D eigenvalue weighted by molar-refractivity contribution is 9.10. The van der Waals surface area contributed by atoms with Crippen LogP contribution < -0.4 is 10.1 Å². The maximum atomic E-state index is 14.2. The molecule has 1 unspecified atom stereocenters. The number of ketones is 1. The quantitative estimate of drug-likeness (QED) is 0.358. The highest BCUT2D eigenvalue weighted by Crippen LogP contribution is 2.48. The van der Waals surface area contributed by atoms with Gasteiger partial charge in [-0.2, -0.15) is 0 Å². The van der Waals surface area contributed by atoms with Crippen molar-refractivity contribution in [3.05, 3.63) is 123 Å². The number of Topliss-reactive ketones (excluding diaryl/α,β-unsaturated/α-hetero) is 1. The zero-order valence-electron chi connectivity index (χ0n) is 20.1. The minimum absolute atomic E-state index is 0.107. The van der Waals surface area contributed by atoms with Gasteiger partial charge in [-0.15, -0.1) is 0 Å². The molecule has 1 aliphatic carbocycles. The minimum atomic E-state index is -0.313. The first-order valence-electron chi connectivity index (χ1n) is 11.8. The Kier molecular flexibility index (Phi) is 6.24. The van der Waals surface area contributed by atoms with Crippen molar-refractivity contribution < 1.29 is 9.53 Å². The first-order valence-corrected chi connectivity index (χ1v) is 12.6. The van der Waals surface area contributed by atoms with Crippen LogP contribution in [-0.4, -0.2) is 12.9 Å². The van der Waals surface area contributed by atoms with Crippen LogP contribution in [0.4, 0.5) is 0 Å². The van der Waals surface area contributed by atoms with Gasteiger partial charge < -0.3 is 10.1 Å². The molecule has 0 amide bonds. The fourth-order valence-corrected chi connectivity index (χ4v) is 5.23. The van der Waals surface area contributed by atoms with Crippen molar-refractivity contribution in [2.75, 3.05) is 7.11 Å².